The maximum Gasteiger partial charge on any atom is 0.152 e. The second-order valence-electron chi connectivity index (χ2n) is 7.31. The van der Waals surface area contributed by atoms with Crippen LogP contribution in [0.1, 0.15) is 32.3 Å². The van der Waals surface area contributed by atoms with Crippen molar-refractivity contribution in [3.05, 3.63) is 59.1 Å². The van der Waals surface area contributed by atoms with E-state index in [1.54, 1.807) is 0 Å². The largest absolute Gasteiger partial charge is 0.395 e. The molecule has 0 aliphatic rings. The molecular formula is C24H24ClNO2. The number of hydrogen-bond donors (Lipinski definition) is 1. The Labute approximate surface area is 170 Å². The Morgan fingerprint density at radius 1 is 1.18 bits per heavy atom. The summed E-state index contributed by atoms with van der Waals surface area (Å²) in [6, 6.07) is 15.8. The Balaban J connectivity index is 2.09. The molecule has 3 nitrogen and oxygen atoms in total. The van der Waals surface area contributed by atoms with Gasteiger partial charge in [0.25, 0.3) is 0 Å². The zero-order chi connectivity index (χ0) is 20.1. The second-order valence-corrected chi connectivity index (χ2v) is 7.75. The predicted molar refractivity (Wildman–Crippen MR) is 115 cm³/mol. The second kappa shape index (κ2) is 9.10. The Morgan fingerprint density at radius 3 is 2.71 bits per heavy atom. The van der Waals surface area contributed by atoms with Gasteiger partial charge in [0.15, 0.2) is 5.78 Å². The van der Waals surface area contributed by atoms with Crippen molar-refractivity contribution in [2.24, 2.45) is 5.92 Å². The Bertz CT molecular complexity index is 1050. The molecule has 2 aromatic carbocycles. The van der Waals surface area contributed by atoms with Crippen LogP contribution in [-0.2, 0) is 11.3 Å². The van der Waals surface area contributed by atoms with Gasteiger partial charge in [-0.05, 0) is 47.9 Å². The van der Waals surface area contributed by atoms with Crippen molar-refractivity contribution in [1.82, 2.24) is 4.57 Å². The van der Waals surface area contributed by atoms with Gasteiger partial charge in [0.2, 0.25) is 0 Å². The minimum Gasteiger partial charge on any atom is -0.395 e. The summed E-state index contributed by atoms with van der Waals surface area (Å²) in [5, 5.41) is 10.6. The number of rotatable bonds is 6. The topological polar surface area (TPSA) is 42.2 Å². The highest BCUT2D eigenvalue weighted by Crippen LogP contribution is 2.30. The fraction of sp³-hybridized carbons (Fsp3) is 0.292. The van der Waals surface area contributed by atoms with E-state index in [0.717, 1.165) is 27.7 Å². The molecule has 0 bridgehead atoms. The molecule has 0 atom stereocenters. The van der Waals surface area contributed by atoms with Crippen LogP contribution in [0.15, 0.2) is 48.5 Å². The van der Waals surface area contributed by atoms with Crippen molar-refractivity contribution < 1.29 is 9.90 Å². The number of carbonyl (C=O) groups is 1. The van der Waals surface area contributed by atoms with Crippen LogP contribution < -0.4 is 0 Å². The summed E-state index contributed by atoms with van der Waals surface area (Å²) in [4.78, 5) is 12.6. The van der Waals surface area contributed by atoms with Gasteiger partial charge in [-0.15, -0.1) is 0 Å². The van der Waals surface area contributed by atoms with Crippen molar-refractivity contribution in [3.8, 4) is 23.1 Å². The molecule has 3 aromatic rings. The zero-order valence-electron chi connectivity index (χ0n) is 16.2. The number of ketones is 1. The summed E-state index contributed by atoms with van der Waals surface area (Å²) < 4.78 is 2.07. The molecule has 1 aromatic heterocycles. The molecule has 0 unspecified atom stereocenters. The first-order valence-corrected chi connectivity index (χ1v) is 9.86. The summed E-state index contributed by atoms with van der Waals surface area (Å²) in [6.45, 7) is 4.50. The van der Waals surface area contributed by atoms with Crippen LogP contribution in [0.25, 0.3) is 22.2 Å². The first-order chi connectivity index (χ1) is 13.5. The van der Waals surface area contributed by atoms with Crippen LogP contribution in [0.5, 0.6) is 0 Å². The average molecular weight is 394 g/mol. The molecule has 28 heavy (non-hydrogen) atoms. The number of halogens is 1. The van der Waals surface area contributed by atoms with Crippen molar-refractivity contribution in [2.75, 3.05) is 6.61 Å². The van der Waals surface area contributed by atoms with Crippen molar-refractivity contribution >= 4 is 28.3 Å². The van der Waals surface area contributed by atoms with Crippen LogP contribution in [0, 0.1) is 17.8 Å². The molecule has 144 valence electrons. The minimum atomic E-state index is 0.0580. The summed E-state index contributed by atoms with van der Waals surface area (Å²) in [5.74, 6) is 6.57. The highest BCUT2D eigenvalue weighted by atomic mass is 35.5. The van der Waals surface area contributed by atoms with Gasteiger partial charge in [-0.3, -0.25) is 4.79 Å². The number of aliphatic hydroxyl groups is 1. The van der Waals surface area contributed by atoms with E-state index in [2.05, 4.69) is 36.3 Å². The number of Topliss-reactive ketones (excluding diaryl/α,β-unsaturated/α-hetero) is 1. The lowest BCUT2D eigenvalue weighted by atomic mass is 10.1. The molecule has 1 heterocycles. The van der Waals surface area contributed by atoms with Crippen molar-refractivity contribution in [3.63, 3.8) is 0 Å². The molecule has 0 saturated heterocycles. The van der Waals surface area contributed by atoms with Crippen molar-refractivity contribution in [1.29, 1.82) is 0 Å². The molecule has 0 spiro atoms. The third kappa shape index (κ3) is 4.84. The Morgan fingerprint density at radius 2 is 2.00 bits per heavy atom. The molecule has 0 fully saturated rings. The fourth-order valence-electron chi connectivity index (χ4n) is 3.32. The summed E-state index contributed by atoms with van der Waals surface area (Å²) in [7, 11) is 0. The lowest BCUT2D eigenvalue weighted by Gasteiger charge is -2.12. The highest BCUT2D eigenvalue weighted by molar-refractivity contribution is 6.30. The monoisotopic (exact) mass is 393 g/mol. The van der Waals surface area contributed by atoms with Gasteiger partial charge in [0.1, 0.15) is 0 Å². The van der Waals surface area contributed by atoms with E-state index in [4.69, 9.17) is 16.7 Å². The zero-order valence-corrected chi connectivity index (χ0v) is 17.0. The molecule has 0 radical (unpaired) electrons. The number of benzene rings is 2. The van der Waals surface area contributed by atoms with Gasteiger partial charge >= 0.3 is 0 Å². The van der Waals surface area contributed by atoms with E-state index in [9.17, 15) is 4.79 Å². The van der Waals surface area contributed by atoms with Crippen LogP contribution in [0.3, 0.4) is 0 Å². The summed E-state index contributed by atoms with van der Waals surface area (Å²) in [5.41, 5.74) is 3.84. The first kappa shape index (κ1) is 20.2. The third-order valence-electron chi connectivity index (χ3n) is 4.46. The standard InChI is InChI=1S/C24H24ClNO2/c1-17(2)12-22(28)16-26-23-10-9-18(6-3-4-11-27)13-20(23)15-24(26)19-7-5-8-21(25)14-19/h5,7-10,13-15,17,27H,4,11-12,16H2,1-2H3. The average Bonchev–Trinajstić information content (AvgIpc) is 2.99. The number of hydrogen-bond acceptors (Lipinski definition) is 2. The van der Waals surface area contributed by atoms with E-state index in [1.807, 2.05) is 42.5 Å². The van der Waals surface area contributed by atoms with Crippen LogP contribution in [0.4, 0.5) is 0 Å². The number of carbonyl (C=O) groups excluding carboxylic acids is 1. The molecular weight excluding hydrogens is 370 g/mol. The number of aromatic nitrogens is 1. The van der Waals surface area contributed by atoms with Gasteiger partial charge in [0.05, 0.1) is 13.2 Å². The highest BCUT2D eigenvalue weighted by Gasteiger charge is 2.15. The van der Waals surface area contributed by atoms with E-state index >= 15 is 0 Å². The summed E-state index contributed by atoms with van der Waals surface area (Å²) >= 11 is 6.20. The maximum atomic E-state index is 12.6. The predicted octanol–water partition coefficient (Wildman–Crippen LogP) is 5.31. The number of fused-ring (bicyclic) bond motifs is 1. The SMILES string of the molecule is CC(C)CC(=O)Cn1c(-c2cccc(Cl)c2)cc2cc(C#CCCO)ccc21. The molecule has 3 rings (SSSR count). The van der Waals surface area contributed by atoms with Gasteiger partial charge < -0.3 is 9.67 Å². The van der Waals surface area contributed by atoms with Crippen LogP contribution in [-0.4, -0.2) is 22.1 Å². The quantitative estimate of drug-likeness (QED) is 0.576. The van der Waals surface area contributed by atoms with Gasteiger partial charge in [-0.2, -0.15) is 0 Å². The molecule has 4 heteroatoms. The van der Waals surface area contributed by atoms with E-state index in [-0.39, 0.29) is 12.4 Å². The Hall–Kier alpha value is -2.54. The normalized spacial score (nSPS) is 10.9. The molecule has 0 aliphatic carbocycles. The molecule has 0 saturated carbocycles. The van der Waals surface area contributed by atoms with E-state index < -0.39 is 0 Å². The smallest absolute Gasteiger partial charge is 0.152 e. The van der Waals surface area contributed by atoms with Crippen molar-refractivity contribution in [2.45, 2.75) is 33.2 Å². The summed E-state index contributed by atoms with van der Waals surface area (Å²) in [6.07, 6.45) is 1.01. The minimum absolute atomic E-state index is 0.0580. The molecule has 0 amide bonds. The maximum absolute atomic E-state index is 12.6. The van der Waals surface area contributed by atoms with Crippen LogP contribution in [0.2, 0.25) is 5.02 Å². The lowest BCUT2D eigenvalue weighted by Crippen LogP contribution is -2.13. The number of nitrogens with zero attached hydrogens (tertiary/aromatic N) is 1. The fourth-order valence-corrected chi connectivity index (χ4v) is 3.51. The van der Waals surface area contributed by atoms with E-state index in [1.165, 1.54) is 0 Å². The molecule has 1 N–H and O–H groups in total. The lowest BCUT2D eigenvalue weighted by molar-refractivity contribution is -0.120. The molecule has 0 aliphatic heterocycles. The van der Waals surface area contributed by atoms with Gasteiger partial charge in [-0.1, -0.05) is 49.4 Å². The number of aliphatic hydroxyl groups excluding tert-OH is 1. The van der Waals surface area contributed by atoms with Gasteiger partial charge in [0, 0.05) is 40.0 Å². The van der Waals surface area contributed by atoms with Crippen LogP contribution >= 0.6 is 11.6 Å². The Kier molecular flexibility index (Phi) is 6.57. The van der Waals surface area contributed by atoms with Gasteiger partial charge in [-0.25, -0.2) is 0 Å². The van der Waals surface area contributed by atoms with E-state index in [0.29, 0.717) is 30.3 Å². The third-order valence-corrected chi connectivity index (χ3v) is 4.70. The first-order valence-electron chi connectivity index (χ1n) is 9.48.